The first kappa shape index (κ1) is 15.5. The van der Waals surface area contributed by atoms with E-state index in [0.717, 1.165) is 5.56 Å². The summed E-state index contributed by atoms with van der Waals surface area (Å²) < 4.78 is 10.8. The van der Waals surface area contributed by atoms with Gasteiger partial charge in [-0.1, -0.05) is 19.1 Å². The summed E-state index contributed by atoms with van der Waals surface area (Å²) >= 11 is 0. The number of hydrogen-bond acceptors (Lipinski definition) is 4. The van der Waals surface area contributed by atoms with E-state index in [1.807, 2.05) is 12.1 Å². The summed E-state index contributed by atoms with van der Waals surface area (Å²) in [5.74, 6) is -1.30. The molecule has 2 rings (SSSR count). The van der Waals surface area contributed by atoms with Crippen molar-refractivity contribution in [3.63, 3.8) is 0 Å². The van der Waals surface area contributed by atoms with Gasteiger partial charge >= 0.3 is 5.97 Å². The second kappa shape index (κ2) is 7.19. The van der Waals surface area contributed by atoms with Crippen molar-refractivity contribution in [2.75, 3.05) is 18.5 Å². The lowest BCUT2D eigenvalue weighted by Crippen LogP contribution is -2.17. The second-order valence-corrected chi connectivity index (χ2v) is 5.15. The summed E-state index contributed by atoms with van der Waals surface area (Å²) in [6, 6.07) is 7.27. The first-order valence-corrected chi connectivity index (χ1v) is 6.89. The topological polar surface area (TPSA) is 84.9 Å². The van der Waals surface area contributed by atoms with Gasteiger partial charge in [-0.2, -0.15) is 0 Å². The minimum atomic E-state index is -0.896. The van der Waals surface area contributed by atoms with Crippen molar-refractivity contribution in [1.82, 2.24) is 0 Å². The number of carbonyl (C=O) groups excluding carboxylic acids is 1. The van der Waals surface area contributed by atoms with Gasteiger partial charge in [0.1, 0.15) is 0 Å². The lowest BCUT2D eigenvalue weighted by atomic mass is 10.0. The average Bonchev–Trinajstić information content (AvgIpc) is 2.91. The third kappa shape index (κ3) is 4.84. The number of carboxylic acids is 1. The number of ether oxygens (including phenoxy) is 2. The lowest BCUT2D eigenvalue weighted by molar-refractivity contribution is -0.138. The van der Waals surface area contributed by atoms with Gasteiger partial charge in [-0.3, -0.25) is 9.59 Å². The Morgan fingerprint density at radius 2 is 2.05 bits per heavy atom. The molecule has 0 spiro atoms. The molecule has 1 aliphatic heterocycles. The number of rotatable bonds is 6. The molecule has 1 unspecified atom stereocenters. The van der Waals surface area contributed by atoms with Gasteiger partial charge < -0.3 is 19.9 Å². The predicted molar refractivity (Wildman–Crippen MR) is 75.8 cm³/mol. The molecule has 0 radical (unpaired) electrons. The Balaban J connectivity index is 1.91. The van der Waals surface area contributed by atoms with Crippen LogP contribution in [0.5, 0.6) is 0 Å². The number of amides is 1. The van der Waals surface area contributed by atoms with E-state index in [1.165, 1.54) is 0 Å². The predicted octanol–water partition coefficient (Wildman–Crippen LogP) is 2.17. The molecule has 114 valence electrons. The van der Waals surface area contributed by atoms with Crippen LogP contribution in [-0.2, 0) is 19.1 Å². The third-order valence-electron chi connectivity index (χ3n) is 3.12. The molecule has 6 nitrogen and oxygen atoms in total. The standard InChI is InChI=1S/C15H19NO5/c1-10(8-14(18)19)7-13(17)16-12-4-2-3-11(9-12)15-20-5-6-21-15/h2-4,9-10,15H,5-8H2,1H3,(H,16,17)(H,18,19). The highest BCUT2D eigenvalue weighted by molar-refractivity contribution is 5.91. The highest BCUT2D eigenvalue weighted by Gasteiger charge is 2.19. The number of nitrogens with one attached hydrogen (secondary N) is 1. The van der Waals surface area contributed by atoms with Gasteiger partial charge in [-0.05, 0) is 18.1 Å². The van der Waals surface area contributed by atoms with Crippen LogP contribution in [-0.4, -0.2) is 30.2 Å². The van der Waals surface area contributed by atoms with E-state index in [4.69, 9.17) is 14.6 Å². The average molecular weight is 293 g/mol. The Labute approximate surface area is 123 Å². The molecule has 21 heavy (non-hydrogen) atoms. The molecule has 0 aliphatic carbocycles. The van der Waals surface area contributed by atoms with Crippen LogP contribution in [0.2, 0.25) is 0 Å². The summed E-state index contributed by atoms with van der Waals surface area (Å²) in [4.78, 5) is 22.5. The highest BCUT2D eigenvalue weighted by atomic mass is 16.7. The van der Waals surface area contributed by atoms with Crippen molar-refractivity contribution in [3.05, 3.63) is 29.8 Å². The van der Waals surface area contributed by atoms with Crippen LogP contribution >= 0.6 is 0 Å². The van der Waals surface area contributed by atoms with Gasteiger partial charge in [0.15, 0.2) is 6.29 Å². The normalized spacial score (nSPS) is 16.6. The fraction of sp³-hybridized carbons (Fsp3) is 0.467. The second-order valence-electron chi connectivity index (χ2n) is 5.15. The molecule has 2 N–H and O–H groups in total. The number of benzene rings is 1. The third-order valence-corrected chi connectivity index (χ3v) is 3.12. The number of hydrogen-bond donors (Lipinski definition) is 2. The first-order valence-electron chi connectivity index (χ1n) is 6.89. The molecule has 1 aromatic carbocycles. The number of carbonyl (C=O) groups is 2. The zero-order valence-electron chi connectivity index (χ0n) is 11.9. The van der Waals surface area contributed by atoms with E-state index in [0.29, 0.717) is 18.9 Å². The summed E-state index contributed by atoms with van der Waals surface area (Å²) in [5.41, 5.74) is 1.50. The zero-order chi connectivity index (χ0) is 15.2. The Morgan fingerprint density at radius 3 is 2.71 bits per heavy atom. The van der Waals surface area contributed by atoms with E-state index in [2.05, 4.69) is 5.32 Å². The zero-order valence-corrected chi connectivity index (χ0v) is 11.9. The van der Waals surface area contributed by atoms with Gasteiger partial charge in [0.2, 0.25) is 5.91 Å². The van der Waals surface area contributed by atoms with Crippen LogP contribution in [0.25, 0.3) is 0 Å². The molecule has 1 aromatic rings. The lowest BCUT2D eigenvalue weighted by Gasteiger charge is -2.12. The van der Waals surface area contributed by atoms with Gasteiger partial charge in [-0.25, -0.2) is 0 Å². The highest BCUT2D eigenvalue weighted by Crippen LogP contribution is 2.25. The first-order chi connectivity index (χ1) is 10.0. The Kier molecular flexibility index (Phi) is 5.30. The minimum Gasteiger partial charge on any atom is -0.481 e. The van der Waals surface area contributed by atoms with E-state index < -0.39 is 5.97 Å². The Morgan fingerprint density at radius 1 is 1.33 bits per heavy atom. The summed E-state index contributed by atoms with van der Waals surface area (Å²) in [6.45, 7) is 2.87. The maximum Gasteiger partial charge on any atom is 0.303 e. The molecule has 1 aliphatic rings. The molecular weight excluding hydrogens is 274 g/mol. The van der Waals surface area contributed by atoms with Crippen molar-refractivity contribution < 1.29 is 24.2 Å². The van der Waals surface area contributed by atoms with Crippen molar-refractivity contribution in [1.29, 1.82) is 0 Å². The SMILES string of the molecule is CC(CC(=O)O)CC(=O)Nc1cccc(C2OCCO2)c1. The fourth-order valence-electron chi connectivity index (χ4n) is 2.21. The maximum atomic E-state index is 11.9. The molecule has 0 aromatic heterocycles. The molecule has 0 saturated carbocycles. The van der Waals surface area contributed by atoms with Crippen LogP contribution in [0.15, 0.2) is 24.3 Å². The Bertz CT molecular complexity index is 511. The molecule has 1 heterocycles. The quantitative estimate of drug-likeness (QED) is 0.839. The summed E-state index contributed by atoms with van der Waals surface area (Å²) in [6.07, 6.45) is -0.225. The summed E-state index contributed by atoms with van der Waals surface area (Å²) in [7, 11) is 0. The van der Waals surface area contributed by atoms with E-state index in [-0.39, 0.29) is 31.0 Å². The molecule has 1 saturated heterocycles. The molecule has 1 atom stereocenters. The molecular formula is C15H19NO5. The summed E-state index contributed by atoms with van der Waals surface area (Å²) in [5, 5.41) is 11.5. The molecule has 0 bridgehead atoms. The van der Waals surface area contributed by atoms with Crippen LogP contribution in [0.3, 0.4) is 0 Å². The van der Waals surface area contributed by atoms with E-state index >= 15 is 0 Å². The van der Waals surface area contributed by atoms with Gasteiger partial charge in [-0.15, -0.1) is 0 Å². The van der Waals surface area contributed by atoms with E-state index in [1.54, 1.807) is 19.1 Å². The van der Waals surface area contributed by atoms with Crippen molar-refractivity contribution >= 4 is 17.6 Å². The van der Waals surface area contributed by atoms with Crippen LogP contribution in [0, 0.1) is 5.92 Å². The van der Waals surface area contributed by atoms with Gasteiger partial charge in [0, 0.05) is 24.1 Å². The van der Waals surface area contributed by atoms with E-state index in [9.17, 15) is 9.59 Å². The van der Waals surface area contributed by atoms with Gasteiger partial charge in [0.25, 0.3) is 0 Å². The van der Waals surface area contributed by atoms with Crippen LogP contribution in [0.1, 0.15) is 31.6 Å². The minimum absolute atomic E-state index is 0.0167. The fourth-order valence-corrected chi connectivity index (χ4v) is 2.21. The molecule has 6 heteroatoms. The number of carboxylic acid groups (broad SMARTS) is 1. The molecule has 1 amide bonds. The monoisotopic (exact) mass is 293 g/mol. The maximum absolute atomic E-state index is 11.9. The van der Waals surface area contributed by atoms with Crippen molar-refractivity contribution in [3.8, 4) is 0 Å². The van der Waals surface area contributed by atoms with Crippen molar-refractivity contribution in [2.45, 2.75) is 26.1 Å². The van der Waals surface area contributed by atoms with Crippen LogP contribution in [0.4, 0.5) is 5.69 Å². The van der Waals surface area contributed by atoms with Crippen LogP contribution < -0.4 is 5.32 Å². The van der Waals surface area contributed by atoms with Gasteiger partial charge in [0.05, 0.1) is 13.2 Å². The smallest absolute Gasteiger partial charge is 0.303 e. The van der Waals surface area contributed by atoms with Crippen molar-refractivity contribution in [2.24, 2.45) is 5.92 Å². The Hall–Kier alpha value is -1.92. The largest absolute Gasteiger partial charge is 0.481 e. The number of anilines is 1. The molecule has 1 fully saturated rings. The number of aliphatic carboxylic acids is 1.